The van der Waals surface area contributed by atoms with Gasteiger partial charge in [-0.1, -0.05) is 18.2 Å². The van der Waals surface area contributed by atoms with E-state index in [-0.39, 0.29) is 0 Å². The number of anilines is 1. The van der Waals surface area contributed by atoms with Crippen molar-refractivity contribution in [2.24, 2.45) is 0 Å². The summed E-state index contributed by atoms with van der Waals surface area (Å²) >= 11 is 0. The minimum absolute atomic E-state index is 0.531. The molecule has 0 saturated heterocycles. The summed E-state index contributed by atoms with van der Waals surface area (Å²) in [6.07, 6.45) is 1.56. The number of hydrogen-bond donors (Lipinski definition) is 1. The Labute approximate surface area is 121 Å². The van der Waals surface area contributed by atoms with E-state index in [1.54, 1.807) is 24.3 Å². The van der Waals surface area contributed by atoms with Crippen LogP contribution in [-0.4, -0.2) is 11.9 Å². The average Bonchev–Trinajstić information content (AvgIpc) is 2.48. The standard InChI is InChI=1S/C16H13NO4/c18-15(10-11-16(19)20)17-12-6-8-14(9-7-12)21-13-4-2-1-3-5-13/h1-11H,(H,17,18)(H,19,20)/p-1. The third-order valence-electron chi connectivity index (χ3n) is 2.47. The van der Waals surface area contributed by atoms with Crippen molar-refractivity contribution in [3.05, 3.63) is 66.7 Å². The zero-order chi connectivity index (χ0) is 15.1. The van der Waals surface area contributed by atoms with Crippen LogP contribution in [0.25, 0.3) is 0 Å². The van der Waals surface area contributed by atoms with E-state index in [0.29, 0.717) is 23.3 Å². The normalized spacial score (nSPS) is 10.3. The molecule has 0 aliphatic carbocycles. The van der Waals surface area contributed by atoms with Crippen molar-refractivity contribution < 1.29 is 19.4 Å². The van der Waals surface area contributed by atoms with Gasteiger partial charge in [-0.3, -0.25) is 4.79 Å². The lowest BCUT2D eigenvalue weighted by Gasteiger charge is -2.07. The van der Waals surface area contributed by atoms with E-state index in [1.165, 1.54) is 0 Å². The first-order valence-corrected chi connectivity index (χ1v) is 6.16. The van der Waals surface area contributed by atoms with Crippen LogP contribution in [-0.2, 0) is 9.59 Å². The summed E-state index contributed by atoms with van der Waals surface area (Å²) in [5, 5.41) is 12.7. The van der Waals surface area contributed by atoms with Gasteiger partial charge in [0.1, 0.15) is 11.5 Å². The molecule has 1 N–H and O–H groups in total. The third kappa shape index (κ3) is 4.83. The van der Waals surface area contributed by atoms with Crippen LogP contribution in [0.3, 0.4) is 0 Å². The van der Waals surface area contributed by atoms with Gasteiger partial charge in [0.05, 0.1) is 5.97 Å². The summed E-state index contributed by atoms with van der Waals surface area (Å²) in [5.41, 5.74) is 0.531. The van der Waals surface area contributed by atoms with Crippen LogP contribution in [0.5, 0.6) is 11.5 Å². The zero-order valence-electron chi connectivity index (χ0n) is 11.0. The predicted molar refractivity (Wildman–Crippen MR) is 75.7 cm³/mol. The van der Waals surface area contributed by atoms with Crippen LogP contribution in [0.2, 0.25) is 0 Å². The van der Waals surface area contributed by atoms with Crippen molar-refractivity contribution in [2.75, 3.05) is 5.32 Å². The average molecular weight is 282 g/mol. The summed E-state index contributed by atoms with van der Waals surface area (Å²) in [6, 6.07) is 16.0. The molecule has 0 spiro atoms. The summed E-state index contributed by atoms with van der Waals surface area (Å²) in [6.45, 7) is 0. The Hall–Kier alpha value is -3.08. The second-order valence-corrected chi connectivity index (χ2v) is 4.08. The van der Waals surface area contributed by atoms with E-state index >= 15 is 0 Å². The van der Waals surface area contributed by atoms with Crippen LogP contribution in [0.1, 0.15) is 0 Å². The monoisotopic (exact) mass is 282 g/mol. The Bertz CT molecular complexity index is 648. The fraction of sp³-hybridized carbons (Fsp3) is 0. The topological polar surface area (TPSA) is 78.5 Å². The number of para-hydroxylation sites is 1. The molecule has 5 heteroatoms. The molecule has 0 aliphatic heterocycles. The van der Waals surface area contributed by atoms with E-state index in [0.717, 1.165) is 6.08 Å². The lowest BCUT2D eigenvalue weighted by atomic mass is 10.3. The number of carbonyl (C=O) groups excluding carboxylic acids is 2. The highest BCUT2D eigenvalue weighted by Crippen LogP contribution is 2.22. The Morgan fingerprint density at radius 3 is 2.14 bits per heavy atom. The van der Waals surface area contributed by atoms with Crippen molar-refractivity contribution in [3.63, 3.8) is 0 Å². The van der Waals surface area contributed by atoms with Gasteiger partial charge in [-0.25, -0.2) is 0 Å². The molecule has 0 aliphatic rings. The number of aliphatic carboxylic acids is 1. The number of nitrogens with one attached hydrogen (secondary N) is 1. The minimum Gasteiger partial charge on any atom is -0.545 e. The van der Waals surface area contributed by atoms with Gasteiger partial charge < -0.3 is 20.0 Å². The Kier molecular flexibility index (Phi) is 4.71. The quantitative estimate of drug-likeness (QED) is 0.847. The molecule has 0 aromatic heterocycles. The maximum Gasteiger partial charge on any atom is 0.248 e. The van der Waals surface area contributed by atoms with Gasteiger partial charge in [-0.2, -0.15) is 0 Å². The fourth-order valence-corrected chi connectivity index (χ4v) is 1.56. The van der Waals surface area contributed by atoms with Crippen LogP contribution >= 0.6 is 0 Å². The number of amides is 1. The van der Waals surface area contributed by atoms with E-state index in [9.17, 15) is 14.7 Å². The molecular weight excluding hydrogens is 270 g/mol. The Morgan fingerprint density at radius 1 is 0.905 bits per heavy atom. The number of carboxylic acids is 1. The van der Waals surface area contributed by atoms with Crippen molar-refractivity contribution in [2.45, 2.75) is 0 Å². The molecular formula is C16H12NO4-. The van der Waals surface area contributed by atoms with E-state index in [1.807, 2.05) is 30.3 Å². The number of rotatable bonds is 5. The smallest absolute Gasteiger partial charge is 0.248 e. The van der Waals surface area contributed by atoms with Gasteiger partial charge in [0.25, 0.3) is 0 Å². The van der Waals surface area contributed by atoms with Crippen molar-refractivity contribution in [1.82, 2.24) is 0 Å². The van der Waals surface area contributed by atoms with Crippen molar-refractivity contribution >= 4 is 17.6 Å². The summed E-state index contributed by atoms with van der Waals surface area (Å²) in [4.78, 5) is 21.6. The molecule has 106 valence electrons. The highest BCUT2D eigenvalue weighted by molar-refractivity contribution is 6.02. The molecule has 0 fully saturated rings. The lowest BCUT2D eigenvalue weighted by molar-refractivity contribution is -0.297. The van der Waals surface area contributed by atoms with Gasteiger partial charge >= 0.3 is 0 Å². The first kappa shape index (κ1) is 14.3. The Balaban J connectivity index is 1.96. The minimum atomic E-state index is -1.42. The van der Waals surface area contributed by atoms with Gasteiger partial charge in [0, 0.05) is 11.8 Å². The molecule has 0 unspecified atom stereocenters. The lowest BCUT2D eigenvalue weighted by Crippen LogP contribution is -2.20. The van der Waals surface area contributed by atoms with Crippen LogP contribution < -0.4 is 15.2 Å². The number of hydrogen-bond acceptors (Lipinski definition) is 4. The Morgan fingerprint density at radius 2 is 1.52 bits per heavy atom. The summed E-state index contributed by atoms with van der Waals surface area (Å²) in [5.74, 6) is -0.622. The SMILES string of the molecule is O=C([O-])C=CC(=O)Nc1ccc(Oc2ccccc2)cc1. The molecule has 1 amide bonds. The number of benzene rings is 2. The van der Waals surface area contributed by atoms with Crippen molar-refractivity contribution in [3.8, 4) is 11.5 Å². The fourth-order valence-electron chi connectivity index (χ4n) is 1.56. The van der Waals surface area contributed by atoms with Gasteiger partial charge in [0.2, 0.25) is 5.91 Å². The number of ether oxygens (including phenoxy) is 1. The first-order chi connectivity index (χ1) is 10.1. The van der Waals surface area contributed by atoms with Gasteiger partial charge in [-0.05, 0) is 42.5 Å². The highest BCUT2D eigenvalue weighted by atomic mass is 16.5. The van der Waals surface area contributed by atoms with Crippen molar-refractivity contribution in [1.29, 1.82) is 0 Å². The van der Waals surface area contributed by atoms with Crippen LogP contribution in [0, 0.1) is 0 Å². The molecule has 2 aromatic rings. The largest absolute Gasteiger partial charge is 0.545 e. The third-order valence-corrected chi connectivity index (χ3v) is 2.47. The molecule has 0 bridgehead atoms. The van der Waals surface area contributed by atoms with Gasteiger partial charge in [-0.15, -0.1) is 0 Å². The molecule has 2 aromatic carbocycles. The number of carbonyl (C=O) groups is 2. The molecule has 0 radical (unpaired) electrons. The number of carboxylic acid groups (broad SMARTS) is 1. The second-order valence-electron chi connectivity index (χ2n) is 4.08. The molecule has 0 atom stereocenters. The molecule has 0 saturated carbocycles. The van der Waals surface area contributed by atoms with Crippen LogP contribution in [0.15, 0.2) is 66.7 Å². The van der Waals surface area contributed by atoms with E-state index < -0.39 is 11.9 Å². The maximum absolute atomic E-state index is 11.4. The second kappa shape index (κ2) is 6.91. The van der Waals surface area contributed by atoms with E-state index in [2.05, 4.69) is 5.32 Å². The first-order valence-electron chi connectivity index (χ1n) is 6.16. The predicted octanol–water partition coefficient (Wildman–Crippen LogP) is 1.72. The molecule has 0 heterocycles. The molecule has 5 nitrogen and oxygen atoms in total. The maximum atomic E-state index is 11.4. The highest BCUT2D eigenvalue weighted by Gasteiger charge is 2.00. The summed E-state index contributed by atoms with van der Waals surface area (Å²) in [7, 11) is 0. The van der Waals surface area contributed by atoms with Gasteiger partial charge in [0.15, 0.2) is 0 Å². The summed E-state index contributed by atoms with van der Waals surface area (Å²) < 4.78 is 5.60. The molecule has 21 heavy (non-hydrogen) atoms. The zero-order valence-corrected chi connectivity index (χ0v) is 11.0. The van der Waals surface area contributed by atoms with E-state index in [4.69, 9.17) is 4.74 Å². The van der Waals surface area contributed by atoms with Crippen LogP contribution in [0.4, 0.5) is 5.69 Å². The molecule has 2 rings (SSSR count).